The summed E-state index contributed by atoms with van der Waals surface area (Å²) in [7, 11) is 0. The highest BCUT2D eigenvalue weighted by molar-refractivity contribution is 5.39. The van der Waals surface area contributed by atoms with E-state index < -0.39 is 0 Å². The summed E-state index contributed by atoms with van der Waals surface area (Å²) in [5.74, 6) is 0.818. The maximum atomic E-state index is 4.02. The van der Waals surface area contributed by atoms with Crippen molar-refractivity contribution in [2.75, 3.05) is 5.32 Å². The molecule has 0 spiro atoms. The number of benzene rings is 1. The quantitative estimate of drug-likeness (QED) is 0.828. The van der Waals surface area contributed by atoms with Crippen molar-refractivity contribution >= 4 is 5.82 Å². The first-order valence-corrected chi connectivity index (χ1v) is 5.34. The summed E-state index contributed by atoms with van der Waals surface area (Å²) in [6, 6.07) is 6.46. The highest BCUT2D eigenvalue weighted by Crippen LogP contribution is 2.12. The average molecular weight is 216 g/mol. The molecule has 0 unspecified atom stereocenters. The number of H-pyrrole nitrogens is 1. The monoisotopic (exact) mass is 216 g/mol. The second kappa shape index (κ2) is 4.35. The zero-order valence-corrected chi connectivity index (χ0v) is 9.83. The van der Waals surface area contributed by atoms with E-state index in [0.29, 0.717) is 0 Å². The van der Waals surface area contributed by atoms with E-state index >= 15 is 0 Å². The van der Waals surface area contributed by atoms with E-state index in [4.69, 9.17) is 0 Å². The van der Waals surface area contributed by atoms with E-state index in [1.165, 1.54) is 16.7 Å². The van der Waals surface area contributed by atoms with E-state index in [0.717, 1.165) is 18.1 Å². The molecule has 0 aliphatic carbocycles. The average Bonchev–Trinajstić information content (AvgIpc) is 2.66. The minimum absolute atomic E-state index is 0.772. The normalized spacial score (nSPS) is 10.4. The van der Waals surface area contributed by atoms with Crippen molar-refractivity contribution in [3.63, 3.8) is 0 Å². The summed E-state index contributed by atoms with van der Waals surface area (Å²) in [4.78, 5) is 0. The molecule has 1 aromatic carbocycles. The largest absolute Gasteiger partial charge is 0.363 e. The van der Waals surface area contributed by atoms with Gasteiger partial charge in [-0.25, -0.2) is 0 Å². The molecule has 0 aliphatic heterocycles. The number of aromatic nitrogens is 3. The van der Waals surface area contributed by atoms with E-state index in [2.05, 4.69) is 52.8 Å². The van der Waals surface area contributed by atoms with Gasteiger partial charge in [0.2, 0.25) is 0 Å². The lowest BCUT2D eigenvalue weighted by Gasteiger charge is -2.06. The molecule has 0 atom stereocenters. The van der Waals surface area contributed by atoms with Gasteiger partial charge in [-0.1, -0.05) is 18.2 Å². The molecule has 0 aliphatic rings. The molecule has 0 amide bonds. The number of nitrogens with one attached hydrogen (secondary N) is 2. The van der Waals surface area contributed by atoms with Crippen molar-refractivity contribution in [1.82, 2.24) is 15.4 Å². The Balaban J connectivity index is 2.05. The number of hydrogen-bond donors (Lipinski definition) is 2. The number of aromatic amines is 1. The van der Waals surface area contributed by atoms with Crippen LogP contribution in [0.5, 0.6) is 0 Å². The lowest BCUT2D eigenvalue weighted by Crippen LogP contribution is -2.01. The first-order valence-electron chi connectivity index (χ1n) is 5.34. The fraction of sp³-hybridized carbons (Fsp3) is 0.333. The summed E-state index contributed by atoms with van der Waals surface area (Å²) >= 11 is 0. The molecule has 16 heavy (non-hydrogen) atoms. The van der Waals surface area contributed by atoms with E-state index in [9.17, 15) is 0 Å². The van der Waals surface area contributed by atoms with Crippen LogP contribution in [0, 0.1) is 20.8 Å². The molecule has 1 aromatic heterocycles. The zero-order chi connectivity index (χ0) is 11.5. The van der Waals surface area contributed by atoms with Crippen LogP contribution in [0.2, 0.25) is 0 Å². The second-order valence-electron chi connectivity index (χ2n) is 4.03. The highest BCUT2D eigenvalue weighted by atomic mass is 15.4. The third-order valence-electron chi connectivity index (χ3n) is 2.75. The molecule has 84 valence electrons. The van der Waals surface area contributed by atoms with Crippen molar-refractivity contribution in [3.05, 3.63) is 40.6 Å². The number of anilines is 1. The van der Waals surface area contributed by atoms with Crippen molar-refractivity contribution in [2.24, 2.45) is 0 Å². The van der Waals surface area contributed by atoms with Gasteiger partial charge < -0.3 is 5.32 Å². The van der Waals surface area contributed by atoms with Crippen LogP contribution in [0.3, 0.4) is 0 Å². The third kappa shape index (κ3) is 2.21. The number of nitrogens with zero attached hydrogens (tertiary/aromatic N) is 2. The lowest BCUT2D eigenvalue weighted by molar-refractivity contribution is 0.926. The van der Waals surface area contributed by atoms with E-state index in [-0.39, 0.29) is 0 Å². The SMILES string of the molecule is Cc1ccc(CNc2n[nH]nc2C)cc1C. The predicted octanol–water partition coefficient (Wildman–Crippen LogP) is 2.34. The van der Waals surface area contributed by atoms with Crippen LogP contribution < -0.4 is 5.32 Å². The lowest BCUT2D eigenvalue weighted by atomic mass is 10.1. The molecule has 2 rings (SSSR count). The number of hydrogen-bond acceptors (Lipinski definition) is 3. The highest BCUT2D eigenvalue weighted by Gasteiger charge is 2.02. The Labute approximate surface area is 95.1 Å². The first-order chi connectivity index (χ1) is 7.66. The Morgan fingerprint density at radius 1 is 1.12 bits per heavy atom. The van der Waals surface area contributed by atoms with Gasteiger partial charge in [0, 0.05) is 6.54 Å². The Bertz CT molecular complexity index is 488. The summed E-state index contributed by atoms with van der Waals surface area (Å²) in [6.07, 6.45) is 0. The maximum absolute atomic E-state index is 4.02. The van der Waals surface area contributed by atoms with Crippen LogP contribution in [0.1, 0.15) is 22.4 Å². The number of aryl methyl sites for hydroxylation is 3. The van der Waals surface area contributed by atoms with Crippen LogP contribution in [0.15, 0.2) is 18.2 Å². The van der Waals surface area contributed by atoms with Gasteiger partial charge in [-0.05, 0) is 37.5 Å². The third-order valence-corrected chi connectivity index (χ3v) is 2.75. The van der Waals surface area contributed by atoms with Crippen molar-refractivity contribution in [1.29, 1.82) is 0 Å². The van der Waals surface area contributed by atoms with Gasteiger partial charge in [-0.3, -0.25) is 0 Å². The van der Waals surface area contributed by atoms with Crippen LogP contribution in [-0.4, -0.2) is 15.4 Å². The smallest absolute Gasteiger partial charge is 0.171 e. The summed E-state index contributed by atoms with van der Waals surface area (Å²) in [6.45, 7) is 6.94. The van der Waals surface area contributed by atoms with Crippen molar-refractivity contribution in [2.45, 2.75) is 27.3 Å². The van der Waals surface area contributed by atoms with E-state index in [1.807, 2.05) is 6.92 Å². The van der Waals surface area contributed by atoms with Crippen LogP contribution in [0.25, 0.3) is 0 Å². The van der Waals surface area contributed by atoms with Gasteiger partial charge in [0.05, 0.1) is 0 Å². The van der Waals surface area contributed by atoms with Crippen molar-refractivity contribution < 1.29 is 0 Å². The molecular formula is C12H16N4. The van der Waals surface area contributed by atoms with Crippen LogP contribution >= 0.6 is 0 Å². The summed E-state index contributed by atoms with van der Waals surface area (Å²) in [5.41, 5.74) is 4.78. The van der Waals surface area contributed by atoms with Gasteiger partial charge in [-0.2, -0.15) is 10.3 Å². The second-order valence-corrected chi connectivity index (χ2v) is 4.03. The molecule has 0 saturated heterocycles. The zero-order valence-electron chi connectivity index (χ0n) is 9.83. The molecule has 1 heterocycles. The Morgan fingerprint density at radius 3 is 2.56 bits per heavy atom. The fourth-order valence-corrected chi connectivity index (χ4v) is 1.55. The molecule has 2 N–H and O–H groups in total. The van der Waals surface area contributed by atoms with E-state index in [1.54, 1.807) is 0 Å². The predicted molar refractivity (Wildman–Crippen MR) is 64.4 cm³/mol. The van der Waals surface area contributed by atoms with Gasteiger partial charge in [0.1, 0.15) is 5.69 Å². The molecule has 0 bridgehead atoms. The minimum atomic E-state index is 0.772. The van der Waals surface area contributed by atoms with Crippen LogP contribution in [0.4, 0.5) is 5.82 Å². The molecular weight excluding hydrogens is 200 g/mol. The minimum Gasteiger partial charge on any atom is -0.363 e. The molecule has 4 nitrogen and oxygen atoms in total. The molecule has 0 fully saturated rings. The molecule has 2 aromatic rings. The van der Waals surface area contributed by atoms with Gasteiger partial charge in [0.15, 0.2) is 5.82 Å². The summed E-state index contributed by atoms with van der Waals surface area (Å²) in [5, 5.41) is 13.8. The Kier molecular flexibility index (Phi) is 2.90. The maximum Gasteiger partial charge on any atom is 0.171 e. The van der Waals surface area contributed by atoms with Crippen molar-refractivity contribution in [3.8, 4) is 0 Å². The van der Waals surface area contributed by atoms with Gasteiger partial charge in [-0.15, -0.1) is 5.10 Å². The number of rotatable bonds is 3. The molecule has 4 heteroatoms. The van der Waals surface area contributed by atoms with Gasteiger partial charge >= 0.3 is 0 Å². The molecule has 0 saturated carbocycles. The van der Waals surface area contributed by atoms with Gasteiger partial charge in [0.25, 0.3) is 0 Å². The summed E-state index contributed by atoms with van der Waals surface area (Å²) < 4.78 is 0. The Hall–Kier alpha value is -1.84. The van der Waals surface area contributed by atoms with Crippen LogP contribution in [-0.2, 0) is 6.54 Å². The molecule has 0 radical (unpaired) electrons. The first kappa shape index (κ1) is 10.7. The Morgan fingerprint density at radius 2 is 1.94 bits per heavy atom. The standard InChI is InChI=1S/C12H16N4/c1-8-4-5-11(6-9(8)2)7-13-12-10(3)14-16-15-12/h4-6H,7H2,1-3H3,(H2,13,14,15,16). The fourth-order valence-electron chi connectivity index (χ4n) is 1.55. The topological polar surface area (TPSA) is 53.6 Å².